The van der Waals surface area contributed by atoms with E-state index in [4.69, 9.17) is 0 Å². The van der Waals surface area contributed by atoms with Crippen LogP contribution in [0.25, 0.3) is 0 Å². The highest BCUT2D eigenvalue weighted by Gasteiger charge is 2.57. The first-order valence-electron chi connectivity index (χ1n) is 9.95. The van der Waals surface area contributed by atoms with Crippen molar-refractivity contribution in [2.45, 2.75) is 64.3 Å². The number of rotatable bonds is 6. The minimum Gasteiger partial charge on any atom is -0.354 e. The Hall–Kier alpha value is -1.92. The van der Waals surface area contributed by atoms with Crippen molar-refractivity contribution in [3.8, 4) is 0 Å². The van der Waals surface area contributed by atoms with Crippen molar-refractivity contribution in [2.75, 3.05) is 13.6 Å². The second-order valence-corrected chi connectivity index (χ2v) is 8.45. The Morgan fingerprint density at radius 1 is 1.27 bits per heavy atom. The molecule has 0 bridgehead atoms. The summed E-state index contributed by atoms with van der Waals surface area (Å²) in [5.41, 5.74) is 1.82. The molecule has 0 aromatic carbocycles. The maximum atomic E-state index is 13.0. The van der Waals surface area contributed by atoms with Crippen molar-refractivity contribution < 1.29 is 9.59 Å². The number of aromatic amines is 1. The van der Waals surface area contributed by atoms with E-state index in [1.54, 1.807) is 0 Å². The summed E-state index contributed by atoms with van der Waals surface area (Å²) in [6, 6.07) is 0.00945. The van der Waals surface area contributed by atoms with Crippen molar-refractivity contribution in [1.29, 1.82) is 0 Å². The number of amides is 2. The van der Waals surface area contributed by atoms with Gasteiger partial charge in [0.25, 0.3) is 0 Å². The molecule has 0 aliphatic heterocycles. The third kappa shape index (κ3) is 3.01. The van der Waals surface area contributed by atoms with Crippen LogP contribution in [-0.4, -0.2) is 51.8 Å². The van der Waals surface area contributed by atoms with E-state index < -0.39 is 0 Å². The summed E-state index contributed by atoms with van der Waals surface area (Å²) in [4.78, 5) is 27.3. The number of likely N-dealkylation sites (N-methyl/N-ethyl adjacent to an activating group) is 1. The Bertz CT molecular complexity index is 692. The molecule has 2 N–H and O–H groups in total. The van der Waals surface area contributed by atoms with Crippen LogP contribution in [0.1, 0.15) is 56.8 Å². The van der Waals surface area contributed by atoms with E-state index >= 15 is 0 Å². The van der Waals surface area contributed by atoms with Gasteiger partial charge in [-0.2, -0.15) is 15.4 Å². The molecule has 1 heterocycles. The monoisotopic (exact) mass is 359 g/mol. The number of nitrogens with one attached hydrogen (secondary N) is 2. The van der Waals surface area contributed by atoms with Crippen LogP contribution >= 0.6 is 0 Å². The molecule has 1 aromatic rings. The van der Waals surface area contributed by atoms with Crippen LogP contribution in [0.4, 0.5) is 0 Å². The van der Waals surface area contributed by atoms with Crippen LogP contribution in [-0.2, 0) is 22.4 Å². The van der Waals surface area contributed by atoms with E-state index in [0.717, 1.165) is 37.1 Å². The molecule has 3 aliphatic carbocycles. The van der Waals surface area contributed by atoms with Gasteiger partial charge in [-0.1, -0.05) is 6.42 Å². The molecule has 2 atom stereocenters. The third-order valence-corrected chi connectivity index (χ3v) is 6.90. The number of hydrogen-bond donors (Lipinski definition) is 2. The van der Waals surface area contributed by atoms with E-state index in [2.05, 4.69) is 20.7 Å². The van der Waals surface area contributed by atoms with Gasteiger partial charge in [0, 0.05) is 32.0 Å². The van der Waals surface area contributed by atoms with Gasteiger partial charge in [-0.25, -0.2) is 0 Å². The summed E-state index contributed by atoms with van der Waals surface area (Å²) in [5, 5.41) is 13.9. The number of carbonyl (C=O) groups is 2. The largest absolute Gasteiger partial charge is 0.354 e. The maximum absolute atomic E-state index is 13.0. The number of fused-ring (bicyclic) bond motifs is 1. The quantitative estimate of drug-likeness (QED) is 0.804. The molecule has 2 fully saturated rings. The van der Waals surface area contributed by atoms with Crippen LogP contribution in [0.15, 0.2) is 0 Å². The summed E-state index contributed by atoms with van der Waals surface area (Å²) in [5.74, 6) is 0.893. The highest BCUT2D eigenvalue weighted by Crippen LogP contribution is 2.59. The molecule has 0 saturated heterocycles. The summed E-state index contributed by atoms with van der Waals surface area (Å²) in [7, 11) is 1.89. The van der Waals surface area contributed by atoms with Gasteiger partial charge in [0.2, 0.25) is 11.8 Å². The molecular formula is C19H29N5O2. The molecule has 2 unspecified atom stereocenters. The van der Waals surface area contributed by atoms with Crippen molar-refractivity contribution >= 4 is 11.8 Å². The number of H-pyrrole nitrogens is 1. The van der Waals surface area contributed by atoms with Crippen LogP contribution in [0.3, 0.4) is 0 Å². The standard InChI is InChI=1S/C19H29N5O2/c1-12(24(2)18(26)19(8-9-19)14-4-3-5-14)11-20-17(25)13-6-7-15-16(10-13)22-23-21-15/h12-14H,3-11H2,1-2H3,(H,20,25)(H,21,22,23). The molecule has 4 rings (SSSR count). The van der Waals surface area contributed by atoms with Gasteiger partial charge >= 0.3 is 0 Å². The molecule has 2 saturated carbocycles. The van der Waals surface area contributed by atoms with Gasteiger partial charge in [-0.15, -0.1) is 0 Å². The molecule has 2 amide bonds. The zero-order chi connectivity index (χ0) is 18.3. The molecule has 0 radical (unpaired) electrons. The topological polar surface area (TPSA) is 91.0 Å². The number of aromatic nitrogens is 3. The summed E-state index contributed by atoms with van der Waals surface area (Å²) in [6.07, 6.45) is 8.01. The van der Waals surface area contributed by atoms with Gasteiger partial charge < -0.3 is 10.2 Å². The van der Waals surface area contributed by atoms with E-state index in [-0.39, 0.29) is 29.2 Å². The second kappa shape index (κ2) is 6.67. The van der Waals surface area contributed by atoms with E-state index in [1.165, 1.54) is 19.3 Å². The van der Waals surface area contributed by atoms with Crippen LogP contribution in [0, 0.1) is 17.3 Å². The van der Waals surface area contributed by atoms with Crippen LogP contribution in [0.5, 0.6) is 0 Å². The lowest BCUT2D eigenvalue weighted by atomic mass is 9.73. The Labute approximate surface area is 154 Å². The first-order valence-corrected chi connectivity index (χ1v) is 9.95. The second-order valence-electron chi connectivity index (χ2n) is 8.45. The molecule has 3 aliphatic rings. The summed E-state index contributed by atoms with van der Waals surface area (Å²) < 4.78 is 0. The first kappa shape index (κ1) is 17.5. The predicted molar refractivity (Wildman–Crippen MR) is 96.1 cm³/mol. The normalized spacial score (nSPS) is 24.9. The zero-order valence-corrected chi connectivity index (χ0v) is 15.8. The number of hydrogen-bond acceptors (Lipinski definition) is 4. The Morgan fingerprint density at radius 2 is 2.00 bits per heavy atom. The Morgan fingerprint density at radius 3 is 2.65 bits per heavy atom. The highest BCUT2D eigenvalue weighted by atomic mass is 16.2. The number of nitrogens with zero attached hydrogens (tertiary/aromatic N) is 3. The average Bonchev–Trinajstić information content (AvgIpc) is 3.24. The van der Waals surface area contributed by atoms with Gasteiger partial charge in [-0.05, 0) is 51.4 Å². The third-order valence-electron chi connectivity index (χ3n) is 6.90. The summed E-state index contributed by atoms with van der Waals surface area (Å²) in [6.45, 7) is 2.52. The molecule has 142 valence electrons. The van der Waals surface area contributed by atoms with E-state index in [0.29, 0.717) is 18.9 Å². The number of carbonyl (C=O) groups excluding carboxylic acids is 2. The fourth-order valence-electron chi connectivity index (χ4n) is 4.48. The molecule has 0 spiro atoms. The molecular weight excluding hydrogens is 330 g/mol. The molecule has 26 heavy (non-hydrogen) atoms. The lowest BCUT2D eigenvalue weighted by Crippen LogP contribution is -2.49. The lowest BCUT2D eigenvalue weighted by Gasteiger charge is -2.37. The summed E-state index contributed by atoms with van der Waals surface area (Å²) >= 11 is 0. The van der Waals surface area contributed by atoms with Crippen LogP contribution in [0.2, 0.25) is 0 Å². The molecule has 1 aromatic heterocycles. The number of aryl methyl sites for hydroxylation is 1. The van der Waals surface area contributed by atoms with Crippen molar-refractivity contribution in [3.05, 3.63) is 11.4 Å². The van der Waals surface area contributed by atoms with Crippen molar-refractivity contribution in [1.82, 2.24) is 25.6 Å². The first-order chi connectivity index (χ1) is 12.5. The Balaban J connectivity index is 1.27. The minimum absolute atomic E-state index is 0.00945. The Kier molecular flexibility index (Phi) is 4.49. The molecule has 7 nitrogen and oxygen atoms in total. The van der Waals surface area contributed by atoms with Crippen molar-refractivity contribution in [3.63, 3.8) is 0 Å². The fourth-order valence-corrected chi connectivity index (χ4v) is 4.48. The minimum atomic E-state index is -0.0714. The van der Waals surface area contributed by atoms with E-state index in [9.17, 15) is 9.59 Å². The van der Waals surface area contributed by atoms with Crippen molar-refractivity contribution in [2.24, 2.45) is 17.3 Å². The van der Waals surface area contributed by atoms with Gasteiger partial charge in [0.1, 0.15) is 0 Å². The smallest absolute Gasteiger partial charge is 0.229 e. The maximum Gasteiger partial charge on any atom is 0.229 e. The average molecular weight is 359 g/mol. The van der Waals surface area contributed by atoms with Gasteiger partial charge in [-0.3, -0.25) is 9.59 Å². The van der Waals surface area contributed by atoms with E-state index in [1.807, 2.05) is 18.9 Å². The highest BCUT2D eigenvalue weighted by molar-refractivity contribution is 5.86. The molecule has 7 heteroatoms. The lowest BCUT2D eigenvalue weighted by molar-refractivity contribution is -0.141. The SMILES string of the molecule is CC(CNC(=O)C1CCc2n[nH]nc2C1)N(C)C(=O)C1(C2CCC2)CC1. The van der Waals surface area contributed by atoms with Gasteiger partial charge in [0.05, 0.1) is 16.8 Å². The van der Waals surface area contributed by atoms with Gasteiger partial charge in [0.15, 0.2) is 0 Å². The fraction of sp³-hybridized carbons (Fsp3) is 0.789. The van der Waals surface area contributed by atoms with Crippen LogP contribution < -0.4 is 5.32 Å². The predicted octanol–water partition coefficient (Wildman–Crippen LogP) is 1.45. The zero-order valence-electron chi connectivity index (χ0n) is 15.8.